The van der Waals surface area contributed by atoms with Crippen molar-refractivity contribution in [3.8, 4) is 6.07 Å². The molecule has 76 valence electrons. The zero-order valence-corrected chi connectivity index (χ0v) is 9.21. The number of nitriles is 1. The Bertz CT molecular complexity index is 287. The Morgan fingerprint density at radius 2 is 1.93 bits per heavy atom. The first kappa shape index (κ1) is 9.77. The lowest BCUT2D eigenvalue weighted by atomic mass is 9.96. The second-order valence-electron chi connectivity index (χ2n) is 5.51. The summed E-state index contributed by atoms with van der Waals surface area (Å²) in [6.07, 6.45) is 8.65. The molecule has 0 spiro atoms. The topological polar surface area (TPSA) is 23.8 Å². The summed E-state index contributed by atoms with van der Waals surface area (Å²) in [6.45, 7) is 4.58. The Labute approximate surface area is 86.8 Å². The summed E-state index contributed by atoms with van der Waals surface area (Å²) in [5, 5.41) is 9.12. The van der Waals surface area contributed by atoms with Crippen molar-refractivity contribution in [3.05, 3.63) is 11.6 Å². The van der Waals surface area contributed by atoms with Crippen molar-refractivity contribution >= 4 is 0 Å². The van der Waals surface area contributed by atoms with Crippen molar-refractivity contribution in [1.29, 1.82) is 5.26 Å². The molecule has 0 aromatic carbocycles. The maximum absolute atomic E-state index is 9.12. The van der Waals surface area contributed by atoms with Crippen LogP contribution in [0.25, 0.3) is 0 Å². The van der Waals surface area contributed by atoms with Gasteiger partial charge in [0, 0.05) is 5.57 Å². The standard InChI is InChI=1S/C13H19N/c1-13(2)8-12(13)7-11(9-14)10-5-3-4-6-10/h7,10,12H,3-6,8H2,1-2H3/b11-7+. The summed E-state index contributed by atoms with van der Waals surface area (Å²) in [5.74, 6) is 1.27. The number of hydrogen-bond acceptors (Lipinski definition) is 1. The van der Waals surface area contributed by atoms with Gasteiger partial charge in [0.1, 0.15) is 0 Å². The first-order valence-corrected chi connectivity index (χ1v) is 5.75. The highest BCUT2D eigenvalue weighted by atomic mass is 14.5. The monoisotopic (exact) mass is 189 g/mol. The minimum atomic E-state index is 0.473. The zero-order valence-electron chi connectivity index (χ0n) is 9.21. The predicted molar refractivity (Wildman–Crippen MR) is 57.5 cm³/mol. The summed E-state index contributed by atoms with van der Waals surface area (Å²) < 4.78 is 0. The lowest BCUT2D eigenvalue weighted by Crippen LogP contribution is -1.98. The van der Waals surface area contributed by atoms with Gasteiger partial charge in [-0.2, -0.15) is 5.26 Å². The third kappa shape index (κ3) is 1.85. The van der Waals surface area contributed by atoms with E-state index in [0.29, 0.717) is 17.3 Å². The summed E-state index contributed by atoms with van der Waals surface area (Å²) in [6, 6.07) is 2.41. The summed E-state index contributed by atoms with van der Waals surface area (Å²) >= 11 is 0. The maximum Gasteiger partial charge on any atom is 0.0946 e. The molecular formula is C13H19N. The second kappa shape index (κ2) is 3.42. The van der Waals surface area contributed by atoms with Gasteiger partial charge in [-0.1, -0.05) is 32.8 Å². The van der Waals surface area contributed by atoms with Crippen molar-refractivity contribution in [2.24, 2.45) is 17.3 Å². The van der Waals surface area contributed by atoms with Crippen LogP contribution in [-0.4, -0.2) is 0 Å². The van der Waals surface area contributed by atoms with E-state index in [2.05, 4.69) is 26.0 Å². The normalized spacial score (nSPS) is 31.5. The van der Waals surface area contributed by atoms with Crippen LogP contribution in [0.2, 0.25) is 0 Å². The van der Waals surface area contributed by atoms with Gasteiger partial charge in [-0.25, -0.2) is 0 Å². The molecule has 2 rings (SSSR count). The van der Waals surface area contributed by atoms with Gasteiger partial charge in [0.15, 0.2) is 0 Å². The minimum absolute atomic E-state index is 0.473. The average molecular weight is 189 g/mol. The quantitative estimate of drug-likeness (QED) is 0.608. The summed E-state index contributed by atoms with van der Waals surface area (Å²) in [5.41, 5.74) is 1.55. The highest BCUT2D eigenvalue weighted by Gasteiger charge is 2.44. The molecule has 0 N–H and O–H groups in total. The maximum atomic E-state index is 9.12. The number of nitrogens with zero attached hydrogens (tertiary/aromatic N) is 1. The van der Waals surface area contributed by atoms with Gasteiger partial charge in [0.2, 0.25) is 0 Å². The second-order valence-corrected chi connectivity index (χ2v) is 5.51. The van der Waals surface area contributed by atoms with E-state index in [1.165, 1.54) is 32.1 Å². The van der Waals surface area contributed by atoms with E-state index < -0.39 is 0 Å². The number of allylic oxidation sites excluding steroid dienone is 2. The molecule has 14 heavy (non-hydrogen) atoms. The van der Waals surface area contributed by atoms with Crippen LogP contribution < -0.4 is 0 Å². The number of rotatable bonds is 2. The molecule has 2 saturated carbocycles. The molecule has 0 aliphatic heterocycles. The van der Waals surface area contributed by atoms with Crippen LogP contribution >= 0.6 is 0 Å². The Balaban J connectivity index is 2.03. The van der Waals surface area contributed by atoms with Crippen molar-refractivity contribution < 1.29 is 0 Å². The zero-order chi connectivity index (χ0) is 10.2. The number of hydrogen-bond donors (Lipinski definition) is 0. The summed E-state index contributed by atoms with van der Waals surface area (Å²) in [7, 11) is 0. The predicted octanol–water partition coefficient (Wildman–Crippen LogP) is 3.67. The molecule has 2 aliphatic carbocycles. The van der Waals surface area contributed by atoms with Gasteiger partial charge in [0.05, 0.1) is 6.07 Å². The van der Waals surface area contributed by atoms with Gasteiger partial charge < -0.3 is 0 Å². The molecule has 0 bridgehead atoms. The van der Waals surface area contributed by atoms with Crippen LogP contribution in [0.5, 0.6) is 0 Å². The third-order valence-electron chi connectivity index (χ3n) is 3.89. The van der Waals surface area contributed by atoms with E-state index in [4.69, 9.17) is 5.26 Å². The highest BCUT2D eigenvalue weighted by Crippen LogP contribution is 2.53. The Kier molecular flexibility index (Phi) is 2.39. The minimum Gasteiger partial charge on any atom is -0.193 e. The van der Waals surface area contributed by atoms with Crippen LogP contribution in [0.15, 0.2) is 11.6 Å². The molecule has 0 aromatic heterocycles. The fourth-order valence-electron chi connectivity index (χ4n) is 2.51. The lowest BCUT2D eigenvalue weighted by Gasteiger charge is -2.07. The van der Waals surface area contributed by atoms with Crippen molar-refractivity contribution in [2.45, 2.75) is 46.0 Å². The van der Waals surface area contributed by atoms with Crippen molar-refractivity contribution in [1.82, 2.24) is 0 Å². The van der Waals surface area contributed by atoms with Crippen LogP contribution in [0, 0.1) is 28.6 Å². The molecule has 2 aliphatic rings. The van der Waals surface area contributed by atoms with Gasteiger partial charge >= 0.3 is 0 Å². The van der Waals surface area contributed by atoms with Gasteiger partial charge in [-0.3, -0.25) is 0 Å². The smallest absolute Gasteiger partial charge is 0.0946 e. The van der Waals surface area contributed by atoms with E-state index in [0.717, 1.165) is 5.57 Å². The van der Waals surface area contributed by atoms with E-state index in [-0.39, 0.29) is 0 Å². The summed E-state index contributed by atoms with van der Waals surface area (Å²) in [4.78, 5) is 0. The lowest BCUT2D eigenvalue weighted by molar-refractivity contribution is 0.599. The molecule has 0 saturated heterocycles. The molecule has 1 nitrogen and oxygen atoms in total. The SMILES string of the molecule is CC1(C)CC1/C=C(\C#N)C1CCCC1. The Morgan fingerprint density at radius 3 is 2.36 bits per heavy atom. The fraction of sp³-hybridized carbons (Fsp3) is 0.769. The Morgan fingerprint density at radius 1 is 1.36 bits per heavy atom. The van der Waals surface area contributed by atoms with Gasteiger partial charge in [-0.15, -0.1) is 0 Å². The van der Waals surface area contributed by atoms with Crippen molar-refractivity contribution in [2.75, 3.05) is 0 Å². The highest BCUT2D eigenvalue weighted by molar-refractivity contribution is 5.28. The first-order chi connectivity index (χ1) is 6.63. The molecule has 0 radical (unpaired) electrons. The first-order valence-electron chi connectivity index (χ1n) is 5.75. The van der Waals surface area contributed by atoms with E-state index >= 15 is 0 Å². The molecule has 2 fully saturated rings. The Hall–Kier alpha value is -0.770. The average Bonchev–Trinajstić information content (AvgIpc) is 2.59. The van der Waals surface area contributed by atoms with Crippen LogP contribution in [0.3, 0.4) is 0 Å². The van der Waals surface area contributed by atoms with Gasteiger partial charge in [0.25, 0.3) is 0 Å². The van der Waals surface area contributed by atoms with E-state index in [9.17, 15) is 0 Å². The fourth-order valence-corrected chi connectivity index (χ4v) is 2.51. The van der Waals surface area contributed by atoms with Crippen LogP contribution in [-0.2, 0) is 0 Å². The molecule has 1 unspecified atom stereocenters. The van der Waals surface area contributed by atoms with Crippen LogP contribution in [0.1, 0.15) is 46.0 Å². The van der Waals surface area contributed by atoms with Gasteiger partial charge in [-0.05, 0) is 36.5 Å². The molecule has 0 heterocycles. The third-order valence-corrected chi connectivity index (χ3v) is 3.89. The molecular weight excluding hydrogens is 170 g/mol. The van der Waals surface area contributed by atoms with E-state index in [1.807, 2.05) is 0 Å². The molecule has 0 aromatic rings. The van der Waals surface area contributed by atoms with E-state index in [1.54, 1.807) is 0 Å². The largest absolute Gasteiger partial charge is 0.193 e. The van der Waals surface area contributed by atoms with Crippen LogP contribution in [0.4, 0.5) is 0 Å². The molecule has 1 heteroatoms. The van der Waals surface area contributed by atoms with Crippen molar-refractivity contribution in [3.63, 3.8) is 0 Å². The molecule has 1 atom stereocenters. The molecule has 0 amide bonds.